The molecular weight excluding hydrogens is 493 g/mol. The first-order chi connectivity index (χ1) is 17.8. The number of carbonyl (C=O) groups excluding carboxylic acids is 2. The lowest BCUT2D eigenvalue weighted by Crippen LogP contribution is -2.53. The van der Waals surface area contributed by atoms with E-state index in [1.54, 1.807) is 32.0 Å². The van der Waals surface area contributed by atoms with Crippen LogP contribution in [0.3, 0.4) is 0 Å². The summed E-state index contributed by atoms with van der Waals surface area (Å²) in [5.74, 6) is -1.36. The van der Waals surface area contributed by atoms with Crippen molar-refractivity contribution in [3.63, 3.8) is 0 Å². The summed E-state index contributed by atoms with van der Waals surface area (Å²) >= 11 is 0. The molecule has 3 aromatic rings. The molecule has 0 aliphatic heterocycles. The van der Waals surface area contributed by atoms with Crippen LogP contribution in [0.1, 0.15) is 25.8 Å². The van der Waals surface area contributed by atoms with E-state index in [9.17, 15) is 22.4 Å². The fourth-order valence-electron chi connectivity index (χ4n) is 4.04. The highest BCUT2D eigenvalue weighted by Crippen LogP contribution is 2.24. The number of benzene rings is 3. The second kappa shape index (κ2) is 13.0. The first-order valence-electron chi connectivity index (χ1n) is 12.2. The predicted molar refractivity (Wildman–Crippen MR) is 142 cm³/mol. The molecule has 0 aliphatic rings. The van der Waals surface area contributed by atoms with Crippen LogP contribution in [0.25, 0.3) is 0 Å². The molecule has 0 saturated carbocycles. The Morgan fingerprint density at radius 1 is 0.892 bits per heavy atom. The van der Waals surface area contributed by atoms with Crippen LogP contribution < -0.4 is 9.62 Å². The summed E-state index contributed by atoms with van der Waals surface area (Å²) in [6.07, 6.45) is 0.846. The summed E-state index contributed by atoms with van der Waals surface area (Å²) < 4.78 is 41.8. The smallest absolute Gasteiger partial charge is 0.264 e. The highest BCUT2D eigenvalue weighted by Gasteiger charge is 2.33. The van der Waals surface area contributed by atoms with E-state index in [2.05, 4.69) is 5.32 Å². The van der Waals surface area contributed by atoms with Crippen molar-refractivity contribution in [2.45, 2.75) is 37.6 Å². The van der Waals surface area contributed by atoms with Gasteiger partial charge in [-0.1, -0.05) is 55.5 Å². The predicted octanol–water partition coefficient (Wildman–Crippen LogP) is 4.01. The number of nitrogens with one attached hydrogen (secondary N) is 1. The lowest BCUT2D eigenvalue weighted by Gasteiger charge is -2.33. The van der Waals surface area contributed by atoms with E-state index in [-0.39, 0.29) is 23.0 Å². The minimum Gasteiger partial charge on any atom is -0.355 e. The molecular formula is C28H32FN3O4S. The minimum atomic E-state index is -4.16. The molecule has 0 unspecified atom stereocenters. The Morgan fingerprint density at radius 2 is 1.49 bits per heavy atom. The van der Waals surface area contributed by atoms with Crippen molar-refractivity contribution in [2.75, 3.05) is 23.9 Å². The fraction of sp³-hybridized carbons (Fsp3) is 0.286. The Morgan fingerprint density at radius 3 is 2.05 bits per heavy atom. The van der Waals surface area contributed by atoms with E-state index in [4.69, 9.17) is 0 Å². The lowest BCUT2D eigenvalue weighted by atomic mass is 10.1. The summed E-state index contributed by atoms with van der Waals surface area (Å²) in [6.45, 7) is 3.68. The number of hydrogen-bond acceptors (Lipinski definition) is 4. The van der Waals surface area contributed by atoms with Crippen LogP contribution in [0.15, 0.2) is 89.8 Å². The monoisotopic (exact) mass is 525 g/mol. The molecule has 0 fully saturated rings. The van der Waals surface area contributed by atoms with Crippen molar-refractivity contribution >= 4 is 27.5 Å². The second-order valence-corrected chi connectivity index (χ2v) is 10.3. The molecule has 0 radical (unpaired) electrons. The third-order valence-electron chi connectivity index (χ3n) is 5.95. The van der Waals surface area contributed by atoms with Gasteiger partial charge in [0.1, 0.15) is 18.4 Å². The van der Waals surface area contributed by atoms with Gasteiger partial charge in [-0.05, 0) is 61.7 Å². The Hall–Kier alpha value is -3.72. The largest absolute Gasteiger partial charge is 0.355 e. The van der Waals surface area contributed by atoms with Crippen LogP contribution in [-0.4, -0.2) is 50.8 Å². The number of halogens is 1. The molecule has 2 amide bonds. The van der Waals surface area contributed by atoms with Crippen LogP contribution in [0.4, 0.5) is 10.1 Å². The van der Waals surface area contributed by atoms with Crippen LogP contribution in [-0.2, 0) is 26.0 Å². The van der Waals surface area contributed by atoms with Gasteiger partial charge in [0.2, 0.25) is 11.8 Å². The highest BCUT2D eigenvalue weighted by molar-refractivity contribution is 7.92. The Labute approximate surface area is 218 Å². The first-order valence-corrected chi connectivity index (χ1v) is 13.7. The lowest BCUT2D eigenvalue weighted by molar-refractivity contribution is -0.139. The molecule has 0 aromatic heterocycles. The van der Waals surface area contributed by atoms with Gasteiger partial charge in [-0.2, -0.15) is 0 Å². The highest BCUT2D eigenvalue weighted by atomic mass is 32.2. The SMILES string of the molecule is CCNC(=O)[C@H](CC)N(CCc1ccccc1)C(=O)CN(c1ccc(F)cc1)S(=O)(=O)c1ccccc1. The van der Waals surface area contributed by atoms with Gasteiger partial charge in [0, 0.05) is 13.1 Å². The molecule has 37 heavy (non-hydrogen) atoms. The molecule has 7 nitrogen and oxygen atoms in total. The van der Waals surface area contributed by atoms with Crippen LogP contribution in [0.5, 0.6) is 0 Å². The van der Waals surface area contributed by atoms with Crippen LogP contribution in [0.2, 0.25) is 0 Å². The fourth-order valence-corrected chi connectivity index (χ4v) is 5.48. The molecule has 0 aliphatic carbocycles. The van der Waals surface area contributed by atoms with E-state index >= 15 is 0 Å². The Kier molecular flexibility index (Phi) is 9.79. The van der Waals surface area contributed by atoms with Gasteiger partial charge >= 0.3 is 0 Å². The average Bonchev–Trinajstić information content (AvgIpc) is 2.91. The zero-order valence-electron chi connectivity index (χ0n) is 21.0. The summed E-state index contributed by atoms with van der Waals surface area (Å²) in [6, 6.07) is 21.4. The van der Waals surface area contributed by atoms with Crippen molar-refractivity contribution in [3.05, 3.63) is 96.3 Å². The molecule has 3 aromatic carbocycles. The Balaban J connectivity index is 1.98. The normalized spacial score (nSPS) is 12.0. The van der Waals surface area contributed by atoms with Crippen molar-refractivity contribution in [1.29, 1.82) is 0 Å². The molecule has 1 atom stereocenters. The van der Waals surface area contributed by atoms with Gasteiger partial charge in [0.15, 0.2) is 0 Å². The molecule has 196 valence electrons. The summed E-state index contributed by atoms with van der Waals surface area (Å²) in [7, 11) is -4.16. The zero-order chi connectivity index (χ0) is 26.8. The zero-order valence-corrected chi connectivity index (χ0v) is 21.8. The number of hydrogen-bond donors (Lipinski definition) is 1. The number of carbonyl (C=O) groups is 2. The second-order valence-electron chi connectivity index (χ2n) is 8.44. The molecule has 0 bridgehead atoms. The van der Waals surface area contributed by atoms with Crippen molar-refractivity contribution < 1.29 is 22.4 Å². The number of sulfonamides is 1. The molecule has 9 heteroatoms. The van der Waals surface area contributed by atoms with E-state index in [1.165, 1.54) is 29.2 Å². The topological polar surface area (TPSA) is 86.8 Å². The average molecular weight is 526 g/mol. The number of likely N-dealkylation sites (N-methyl/N-ethyl adjacent to an activating group) is 1. The number of nitrogens with zero attached hydrogens (tertiary/aromatic N) is 2. The number of amides is 2. The third kappa shape index (κ3) is 7.16. The van der Waals surface area contributed by atoms with Crippen molar-refractivity contribution in [2.24, 2.45) is 0 Å². The number of anilines is 1. The van der Waals surface area contributed by atoms with E-state index in [1.807, 2.05) is 30.3 Å². The molecule has 1 N–H and O–H groups in total. The van der Waals surface area contributed by atoms with Gasteiger partial charge in [0.05, 0.1) is 10.6 Å². The van der Waals surface area contributed by atoms with E-state index < -0.39 is 34.3 Å². The maximum atomic E-state index is 13.8. The Bertz CT molecular complexity index is 1270. The maximum absolute atomic E-state index is 13.8. The van der Waals surface area contributed by atoms with E-state index in [0.29, 0.717) is 19.4 Å². The van der Waals surface area contributed by atoms with Gasteiger partial charge in [0.25, 0.3) is 10.0 Å². The van der Waals surface area contributed by atoms with Crippen LogP contribution in [0, 0.1) is 5.82 Å². The van der Waals surface area contributed by atoms with Gasteiger partial charge in [-0.3, -0.25) is 13.9 Å². The summed E-state index contributed by atoms with van der Waals surface area (Å²) in [5.41, 5.74) is 1.13. The molecule has 0 spiro atoms. The quantitative estimate of drug-likeness (QED) is 0.387. The van der Waals surface area contributed by atoms with Gasteiger partial charge in [-0.25, -0.2) is 12.8 Å². The van der Waals surface area contributed by atoms with Crippen LogP contribution >= 0.6 is 0 Å². The summed E-state index contributed by atoms with van der Waals surface area (Å²) in [5, 5.41) is 2.77. The van der Waals surface area contributed by atoms with Gasteiger partial charge in [-0.15, -0.1) is 0 Å². The summed E-state index contributed by atoms with van der Waals surface area (Å²) in [4.78, 5) is 28.1. The van der Waals surface area contributed by atoms with Gasteiger partial charge < -0.3 is 10.2 Å². The third-order valence-corrected chi connectivity index (χ3v) is 7.73. The van der Waals surface area contributed by atoms with Crippen molar-refractivity contribution in [3.8, 4) is 0 Å². The van der Waals surface area contributed by atoms with E-state index in [0.717, 1.165) is 22.0 Å². The molecule has 0 saturated heterocycles. The first kappa shape index (κ1) is 27.9. The molecule has 3 rings (SSSR count). The standard InChI is InChI=1S/C28H32FN3O4S/c1-3-26(28(34)30-4-2)31(20-19-22-11-7-5-8-12-22)27(33)21-32(24-17-15-23(29)16-18-24)37(35,36)25-13-9-6-10-14-25/h5-18,26H,3-4,19-21H2,1-2H3,(H,30,34)/t26-/m0/s1. The molecule has 0 heterocycles. The minimum absolute atomic E-state index is 0.00118. The number of rotatable bonds is 12. The van der Waals surface area contributed by atoms with Crippen molar-refractivity contribution in [1.82, 2.24) is 10.2 Å². The maximum Gasteiger partial charge on any atom is 0.264 e.